The fourth-order valence-corrected chi connectivity index (χ4v) is 7.08. The van der Waals surface area contributed by atoms with Gasteiger partial charge in [0.15, 0.2) is 0 Å². The number of rotatable bonds is 3. The number of hydrogen-bond donors (Lipinski definition) is 2. The monoisotopic (exact) mass is 413 g/mol. The molecule has 0 aromatic carbocycles. The van der Waals surface area contributed by atoms with Gasteiger partial charge in [-0.15, -0.1) is 0 Å². The fraction of sp³-hybridized carbons (Fsp3) is 0.696. The van der Waals surface area contributed by atoms with Crippen LogP contribution in [0.3, 0.4) is 0 Å². The maximum absolute atomic E-state index is 13.7. The Morgan fingerprint density at radius 2 is 1.67 bits per heavy atom. The molecule has 1 atom stereocenters. The summed E-state index contributed by atoms with van der Waals surface area (Å²) in [6.07, 6.45) is 8.32. The maximum atomic E-state index is 13.7. The van der Waals surface area contributed by atoms with Crippen LogP contribution in [-0.4, -0.2) is 35.2 Å². The lowest BCUT2D eigenvalue weighted by Crippen LogP contribution is -2.58. The predicted octanol–water partition coefficient (Wildman–Crippen LogP) is 2.86. The van der Waals surface area contributed by atoms with E-state index in [4.69, 9.17) is 4.42 Å². The third kappa shape index (κ3) is 3.22. The number of nitrogens with one attached hydrogen (secondary N) is 2. The van der Waals surface area contributed by atoms with E-state index in [1.165, 1.54) is 19.3 Å². The molecule has 0 spiro atoms. The second-order valence-electron chi connectivity index (χ2n) is 10.1. The van der Waals surface area contributed by atoms with Crippen LogP contribution < -0.4 is 10.9 Å². The molecule has 30 heavy (non-hydrogen) atoms. The SMILES string of the molecule is Cc1cc(C(=O)NNC(=O)C2CCCN2C(=O)C23CC4CC(CC(C4)C2)C3)c(C)o1. The molecular weight excluding hydrogens is 382 g/mol. The fourth-order valence-electron chi connectivity index (χ4n) is 7.08. The van der Waals surface area contributed by atoms with Crippen molar-refractivity contribution in [1.29, 1.82) is 0 Å². The van der Waals surface area contributed by atoms with Crippen molar-refractivity contribution in [2.45, 2.75) is 71.3 Å². The first-order valence-electron chi connectivity index (χ1n) is 11.3. The average Bonchev–Trinajstić information content (AvgIpc) is 3.30. The molecule has 5 aliphatic rings. The molecule has 1 aromatic rings. The number of nitrogens with zero attached hydrogens (tertiary/aromatic N) is 1. The first-order valence-corrected chi connectivity index (χ1v) is 11.3. The van der Waals surface area contributed by atoms with Gasteiger partial charge in [0.25, 0.3) is 11.8 Å². The van der Waals surface area contributed by atoms with Crippen molar-refractivity contribution in [2.75, 3.05) is 6.54 Å². The first kappa shape index (κ1) is 19.6. The highest BCUT2D eigenvalue weighted by atomic mass is 16.3. The van der Waals surface area contributed by atoms with Gasteiger partial charge in [-0.3, -0.25) is 25.2 Å². The summed E-state index contributed by atoms with van der Waals surface area (Å²) < 4.78 is 5.38. The van der Waals surface area contributed by atoms with Crippen molar-refractivity contribution in [3.05, 3.63) is 23.2 Å². The molecule has 4 bridgehead atoms. The third-order valence-electron chi connectivity index (χ3n) is 7.89. The lowest BCUT2D eigenvalue weighted by Gasteiger charge is -2.56. The molecule has 6 rings (SSSR count). The van der Waals surface area contributed by atoms with E-state index < -0.39 is 11.9 Å². The van der Waals surface area contributed by atoms with Gasteiger partial charge in [-0.1, -0.05) is 0 Å². The molecule has 7 nitrogen and oxygen atoms in total. The van der Waals surface area contributed by atoms with Crippen molar-refractivity contribution < 1.29 is 18.8 Å². The molecule has 1 aliphatic heterocycles. The lowest BCUT2D eigenvalue weighted by atomic mass is 9.49. The van der Waals surface area contributed by atoms with Crippen LogP contribution in [0.2, 0.25) is 0 Å². The van der Waals surface area contributed by atoms with Crippen LogP contribution in [0, 0.1) is 37.0 Å². The van der Waals surface area contributed by atoms with Gasteiger partial charge in [0, 0.05) is 6.54 Å². The molecule has 1 aromatic heterocycles. The van der Waals surface area contributed by atoms with Crippen LogP contribution >= 0.6 is 0 Å². The zero-order valence-corrected chi connectivity index (χ0v) is 17.8. The zero-order chi connectivity index (χ0) is 21.0. The van der Waals surface area contributed by atoms with E-state index >= 15 is 0 Å². The van der Waals surface area contributed by atoms with Gasteiger partial charge in [0.1, 0.15) is 17.6 Å². The van der Waals surface area contributed by atoms with Crippen molar-refractivity contribution >= 4 is 17.7 Å². The molecule has 2 heterocycles. The number of hydrazine groups is 1. The summed E-state index contributed by atoms with van der Waals surface area (Å²) in [5.41, 5.74) is 5.19. The van der Waals surface area contributed by atoms with Gasteiger partial charge >= 0.3 is 0 Å². The van der Waals surface area contributed by atoms with Gasteiger partial charge < -0.3 is 9.32 Å². The second kappa shape index (κ2) is 7.13. The van der Waals surface area contributed by atoms with Gasteiger partial charge in [-0.2, -0.15) is 0 Å². The predicted molar refractivity (Wildman–Crippen MR) is 109 cm³/mol. The molecule has 1 unspecified atom stereocenters. The summed E-state index contributed by atoms with van der Waals surface area (Å²) in [5.74, 6) is 2.70. The van der Waals surface area contributed by atoms with E-state index in [0.29, 0.717) is 47.8 Å². The topological polar surface area (TPSA) is 91.7 Å². The van der Waals surface area contributed by atoms with Crippen LogP contribution in [0.15, 0.2) is 10.5 Å². The Morgan fingerprint density at radius 1 is 1.03 bits per heavy atom. The zero-order valence-electron chi connectivity index (χ0n) is 17.8. The van der Waals surface area contributed by atoms with Crippen molar-refractivity contribution in [1.82, 2.24) is 15.8 Å². The van der Waals surface area contributed by atoms with E-state index in [0.717, 1.165) is 25.7 Å². The van der Waals surface area contributed by atoms with Crippen LogP contribution in [0.1, 0.15) is 73.2 Å². The quantitative estimate of drug-likeness (QED) is 0.746. The number of furan rings is 1. The second-order valence-corrected chi connectivity index (χ2v) is 10.1. The van der Waals surface area contributed by atoms with E-state index in [1.54, 1.807) is 19.9 Å². The maximum Gasteiger partial charge on any atom is 0.273 e. The molecule has 3 amide bonds. The Morgan fingerprint density at radius 3 is 2.23 bits per heavy atom. The number of likely N-dealkylation sites (tertiary alicyclic amines) is 1. The highest BCUT2D eigenvalue weighted by Crippen LogP contribution is 2.60. The summed E-state index contributed by atoms with van der Waals surface area (Å²) in [4.78, 5) is 40.7. The minimum atomic E-state index is -0.502. The van der Waals surface area contributed by atoms with E-state index in [2.05, 4.69) is 10.9 Å². The van der Waals surface area contributed by atoms with Crippen molar-refractivity contribution in [3.63, 3.8) is 0 Å². The van der Waals surface area contributed by atoms with E-state index in [-0.39, 0.29) is 17.2 Å². The Labute approximate surface area is 176 Å². The van der Waals surface area contributed by atoms with Gasteiger partial charge in [0.05, 0.1) is 11.0 Å². The molecule has 0 radical (unpaired) electrons. The average molecular weight is 414 g/mol. The van der Waals surface area contributed by atoms with Crippen molar-refractivity contribution in [3.8, 4) is 0 Å². The van der Waals surface area contributed by atoms with E-state index in [1.807, 2.05) is 4.90 Å². The number of carbonyl (C=O) groups is 3. The van der Waals surface area contributed by atoms with Crippen LogP contribution in [-0.2, 0) is 9.59 Å². The van der Waals surface area contributed by atoms with Gasteiger partial charge in [-0.05, 0) is 89.0 Å². The smallest absolute Gasteiger partial charge is 0.273 e. The number of aryl methyl sites for hydroxylation is 2. The highest BCUT2D eigenvalue weighted by molar-refractivity contribution is 5.97. The molecule has 4 aliphatic carbocycles. The number of carbonyl (C=O) groups excluding carboxylic acids is 3. The molecule has 7 heteroatoms. The highest BCUT2D eigenvalue weighted by Gasteiger charge is 2.56. The van der Waals surface area contributed by atoms with Crippen LogP contribution in [0.5, 0.6) is 0 Å². The number of amides is 3. The molecule has 4 saturated carbocycles. The van der Waals surface area contributed by atoms with E-state index in [9.17, 15) is 14.4 Å². The summed E-state index contributed by atoms with van der Waals surface area (Å²) in [5, 5.41) is 0. The van der Waals surface area contributed by atoms with Crippen LogP contribution in [0.4, 0.5) is 0 Å². The third-order valence-corrected chi connectivity index (χ3v) is 7.89. The Hall–Kier alpha value is -2.31. The van der Waals surface area contributed by atoms with Crippen LogP contribution in [0.25, 0.3) is 0 Å². The molecular formula is C23H31N3O4. The minimum Gasteiger partial charge on any atom is -0.466 e. The molecule has 5 fully saturated rings. The standard InChI is InChI=1S/C23H31N3O4/c1-13-6-18(14(2)30-13)20(27)24-25-21(28)19-4-3-5-26(19)22(29)23-10-15-7-16(11-23)9-17(8-15)12-23/h6,15-17,19H,3-5,7-12H2,1-2H3,(H,24,27)(H,25,28). The Bertz CT molecular complexity index is 854. The summed E-state index contributed by atoms with van der Waals surface area (Å²) in [6.45, 7) is 4.12. The Kier molecular flexibility index (Phi) is 4.67. The first-order chi connectivity index (χ1) is 14.3. The largest absolute Gasteiger partial charge is 0.466 e. The summed E-state index contributed by atoms with van der Waals surface area (Å²) in [7, 11) is 0. The normalized spacial score (nSPS) is 34.3. The van der Waals surface area contributed by atoms with Gasteiger partial charge in [-0.25, -0.2) is 0 Å². The summed E-state index contributed by atoms with van der Waals surface area (Å²) >= 11 is 0. The molecule has 162 valence electrons. The lowest BCUT2D eigenvalue weighted by molar-refractivity contribution is -0.160. The minimum absolute atomic E-state index is 0.187. The number of hydrogen-bond acceptors (Lipinski definition) is 4. The van der Waals surface area contributed by atoms with Gasteiger partial charge in [0.2, 0.25) is 5.91 Å². The molecule has 1 saturated heterocycles. The molecule has 2 N–H and O–H groups in total. The van der Waals surface area contributed by atoms with Crippen molar-refractivity contribution in [2.24, 2.45) is 23.2 Å². The Balaban J connectivity index is 1.25. The summed E-state index contributed by atoms with van der Waals surface area (Å²) in [6, 6.07) is 1.15.